The van der Waals surface area contributed by atoms with Gasteiger partial charge in [-0.1, -0.05) is 35.7 Å². The molecule has 0 atom stereocenters. The second-order valence-electron chi connectivity index (χ2n) is 4.84. The zero-order valence-electron chi connectivity index (χ0n) is 10.5. The molecule has 2 aromatic rings. The van der Waals surface area contributed by atoms with Crippen LogP contribution in [-0.4, -0.2) is 25.6 Å². The van der Waals surface area contributed by atoms with E-state index in [2.05, 4.69) is 9.97 Å². The third-order valence-electron chi connectivity index (χ3n) is 3.53. The maximum absolute atomic E-state index is 12.3. The fourth-order valence-corrected chi connectivity index (χ4v) is 5.37. The predicted molar refractivity (Wildman–Crippen MR) is 77.8 cm³/mol. The average Bonchev–Trinajstić information content (AvgIpc) is 2.82. The van der Waals surface area contributed by atoms with Crippen molar-refractivity contribution in [2.75, 3.05) is 0 Å². The van der Waals surface area contributed by atoms with Gasteiger partial charge in [-0.15, -0.1) is 0 Å². The summed E-state index contributed by atoms with van der Waals surface area (Å²) in [4.78, 5) is 33.6. The van der Waals surface area contributed by atoms with Gasteiger partial charge in [0.05, 0.1) is 11.0 Å². The van der Waals surface area contributed by atoms with Crippen molar-refractivity contribution >= 4 is 46.1 Å². The quantitative estimate of drug-likeness (QED) is 0.697. The van der Waals surface area contributed by atoms with E-state index >= 15 is 0 Å². The van der Waals surface area contributed by atoms with Gasteiger partial charge in [0.15, 0.2) is 15.6 Å². The molecule has 4 nitrogen and oxygen atoms in total. The number of thioether (sulfide) groups is 2. The smallest absolute Gasteiger partial charge is 0.190 e. The van der Waals surface area contributed by atoms with Crippen LogP contribution in [0.1, 0.15) is 19.3 Å². The molecule has 6 heteroatoms. The van der Waals surface area contributed by atoms with E-state index in [1.807, 2.05) is 24.3 Å². The summed E-state index contributed by atoms with van der Waals surface area (Å²) in [6.07, 6.45) is 1.61. The van der Waals surface area contributed by atoms with Crippen LogP contribution in [0, 0.1) is 0 Å². The van der Waals surface area contributed by atoms with Gasteiger partial charge in [-0.3, -0.25) is 9.59 Å². The largest absolute Gasteiger partial charge is 0.297 e. The molecule has 2 aliphatic rings. The highest BCUT2D eigenvalue weighted by atomic mass is 32.2. The van der Waals surface area contributed by atoms with Crippen LogP contribution in [0.25, 0.3) is 11.0 Å². The maximum atomic E-state index is 12.3. The first-order valence-electron chi connectivity index (χ1n) is 6.40. The summed E-state index contributed by atoms with van der Waals surface area (Å²) < 4.78 is -1.02. The minimum absolute atomic E-state index is 0.00704. The van der Waals surface area contributed by atoms with E-state index in [9.17, 15) is 9.59 Å². The highest BCUT2D eigenvalue weighted by Gasteiger charge is 2.54. The lowest BCUT2D eigenvalue weighted by Crippen LogP contribution is -2.41. The fraction of sp³-hybridized carbons (Fsp3) is 0.286. The van der Waals surface area contributed by atoms with E-state index in [1.54, 1.807) is 0 Å². The van der Waals surface area contributed by atoms with Crippen molar-refractivity contribution < 1.29 is 9.59 Å². The van der Waals surface area contributed by atoms with Crippen LogP contribution in [0.2, 0.25) is 0 Å². The van der Waals surface area contributed by atoms with Gasteiger partial charge in [-0.25, -0.2) is 9.97 Å². The first-order valence-corrected chi connectivity index (χ1v) is 8.04. The summed E-state index contributed by atoms with van der Waals surface area (Å²) >= 11 is 2.56. The van der Waals surface area contributed by atoms with Crippen molar-refractivity contribution in [1.29, 1.82) is 0 Å². The number of carbonyl (C=O) groups is 2. The Labute approximate surface area is 123 Å². The second-order valence-corrected chi connectivity index (χ2v) is 7.51. The van der Waals surface area contributed by atoms with Crippen molar-refractivity contribution in [3.05, 3.63) is 24.3 Å². The standard InChI is InChI=1S/C14H10N2O2S2/c17-10-6-3-7-11(18)14(10)19-12-13(20-14)16-9-5-2-1-4-8(9)15-12/h1-2,4-5H,3,6-7H2. The van der Waals surface area contributed by atoms with Crippen molar-refractivity contribution in [2.45, 2.75) is 33.4 Å². The minimum atomic E-state index is -1.02. The Morgan fingerprint density at radius 2 is 1.40 bits per heavy atom. The number of hydrogen-bond acceptors (Lipinski definition) is 6. The van der Waals surface area contributed by atoms with E-state index in [0.29, 0.717) is 29.3 Å². The topological polar surface area (TPSA) is 59.9 Å². The Morgan fingerprint density at radius 1 is 0.900 bits per heavy atom. The Balaban J connectivity index is 1.85. The maximum Gasteiger partial charge on any atom is 0.190 e. The third kappa shape index (κ3) is 1.64. The Hall–Kier alpha value is -1.40. The molecule has 1 aromatic carbocycles. The summed E-state index contributed by atoms with van der Waals surface area (Å²) in [5, 5.41) is 1.41. The molecule has 0 unspecified atom stereocenters. The number of nitrogens with zero attached hydrogens (tertiary/aromatic N) is 2. The number of para-hydroxylation sites is 2. The summed E-state index contributed by atoms with van der Waals surface area (Å²) in [5.41, 5.74) is 1.60. The Kier molecular flexibility index (Phi) is 2.65. The number of rotatable bonds is 0. The first-order chi connectivity index (χ1) is 9.69. The second kappa shape index (κ2) is 4.30. The van der Waals surface area contributed by atoms with Crippen LogP contribution in [-0.2, 0) is 9.59 Å². The van der Waals surface area contributed by atoms with Crippen LogP contribution in [0.4, 0.5) is 0 Å². The average molecular weight is 302 g/mol. The van der Waals surface area contributed by atoms with Crippen molar-refractivity contribution in [3.63, 3.8) is 0 Å². The highest BCUT2D eigenvalue weighted by Crippen LogP contribution is 2.57. The lowest BCUT2D eigenvalue weighted by atomic mass is 9.97. The van der Waals surface area contributed by atoms with E-state index in [0.717, 1.165) is 11.0 Å². The molecule has 2 heterocycles. The number of ketones is 2. The van der Waals surface area contributed by atoms with E-state index in [1.165, 1.54) is 23.5 Å². The zero-order valence-corrected chi connectivity index (χ0v) is 12.1. The van der Waals surface area contributed by atoms with Gasteiger partial charge in [-0.05, 0) is 18.6 Å². The minimum Gasteiger partial charge on any atom is -0.297 e. The molecule has 0 saturated heterocycles. The molecule has 1 aliphatic heterocycles. The van der Waals surface area contributed by atoms with Gasteiger partial charge >= 0.3 is 0 Å². The van der Waals surface area contributed by atoms with E-state index < -0.39 is 4.08 Å². The SMILES string of the molecule is O=C1CCCC(=O)C12Sc1nc3ccccc3nc1S2. The molecular formula is C14H10N2O2S2. The van der Waals surface area contributed by atoms with Gasteiger partial charge in [-0.2, -0.15) is 0 Å². The first kappa shape index (κ1) is 12.3. The molecule has 4 rings (SSSR count). The molecule has 0 N–H and O–H groups in total. The van der Waals surface area contributed by atoms with Crippen LogP contribution >= 0.6 is 23.5 Å². The van der Waals surface area contributed by atoms with Crippen LogP contribution < -0.4 is 0 Å². The monoisotopic (exact) mass is 302 g/mol. The van der Waals surface area contributed by atoms with E-state index in [-0.39, 0.29) is 11.6 Å². The van der Waals surface area contributed by atoms with Gasteiger partial charge in [0, 0.05) is 12.8 Å². The normalized spacial score (nSPS) is 20.6. The predicted octanol–water partition coefficient (Wildman–Crippen LogP) is 2.85. The zero-order chi connectivity index (χ0) is 13.7. The fourth-order valence-electron chi connectivity index (χ4n) is 2.52. The molecule has 1 saturated carbocycles. The number of hydrogen-bond donors (Lipinski definition) is 0. The number of aromatic nitrogens is 2. The summed E-state index contributed by atoms with van der Waals surface area (Å²) in [6, 6.07) is 7.60. The summed E-state index contributed by atoms with van der Waals surface area (Å²) in [7, 11) is 0. The molecule has 0 bridgehead atoms. The van der Waals surface area contributed by atoms with Crippen molar-refractivity contribution in [2.24, 2.45) is 0 Å². The van der Waals surface area contributed by atoms with Crippen LogP contribution in [0.15, 0.2) is 34.3 Å². The van der Waals surface area contributed by atoms with Gasteiger partial charge in [0.1, 0.15) is 10.1 Å². The summed E-state index contributed by atoms with van der Waals surface area (Å²) in [6.45, 7) is 0. The number of carbonyl (C=O) groups excluding carboxylic acids is 2. The molecule has 1 spiro atoms. The van der Waals surface area contributed by atoms with Crippen molar-refractivity contribution in [3.8, 4) is 0 Å². The molecule has 1 fully saturated rings. The molecule has 0 radical (unpaired) electrons. The third-order valence-corrected chi connectivity index (χ3v) is 6.60. The van der Waals surface area contributed by atoms with Gasteiger partial charge in [0.25, 0.3) is 0 Å². The van der Waals surface area contributed by atoms with Crippen LogP contribution in [0.3, 0.4) is 0 Å². The number of Topliss-reactive ketones (excluding diaryl/α,β-unsaturated/α-hetero) is 2. The number of benzene rings is 1. The highest BCUT2D eigenvalue weighted by molar-refractivity contribution is 8.23. The Bertz CT molecular complexity index is 697. The van der Waals surface area contributed by atoms with Crippen molar-refractivity contribution in [1.82, 2.24) is 9.97 Å². The molecule has 0 amide bonds. The lowest BCUT2D eigenvalue weighted by Gasteiger charge is -2.27. The molecule has 1 aromatic heterocycles. The van der Waals surface area contributed by atoms with E-state index in [4.69, 9.17) is 0 Å². The molecule has 1 aliphatic carbocycles. The van der Waals surface area contributed by atoms with Gasteiger partial charge in [0.2, 0.25) is 0 Å². The lowest BCUT2D eigenvalue weighted by molar-refractivity contribution is -0.129. The molecular weight excluding hydrogens is 292 g/mol. The number of fused-ring (bicyclic) bond motifs is 2. The Morgan fingerprint density at radius 3 is 1.90 bits per heavy atom. The summed E-state index contributed by atoms with van der Waals surface area (Å²) in [5.74, 6) is 0.0141. The van der Waals surface area contributed by atoms with Gasteiger partial charge < -0.3 is 0 Å². The molecule has 100 valence electrons. The van der Waals surface area contributed by atoms with Crippen LogP contribution in [0.5, 0.6) is 0 Å². The molecule has 20 heavy (non-hydrogen) atoms.